The number of carbonyl (C=O) groups excluding carboxylic acids is 1. The number of hydrogen-bond acceptors (Lipinski definition) is 3. The van der Waals surface area contributed by atoms with E-state index in [4.69, 9.17) is 16.0 Å². The molecule has 1 unspecified atom stereocenters. The Labute approximate surface area is 144 Å². The van der Waals surface area contributed by atoms with Crippen molar-refractivity contribution in [2.45, 2.75) is 19.4 Å². The first-order valence-electron chi connectivity index (χ1n) is 7.67. The van der Waals surface area contributed by atoms with E-state index < -0.39 is 11.5 Å². The number of hydrogen-bond donors (Lipinski definition) is 1. The van der Waals surface area contributed by atoms with E-state index in [2.05, 4.69) is 5.32 Å². The molecule has 0 aliphatic carbocycles. The van der Waals surface area contributed by atoms with Crippen molar-refractivity contribution in [2.24, 2.45) is 0 Å². The van der Waals surface area contributed by atoms with E-state index in [-0.39, 0.29) is 11.6 Å². The van der Waals surface area contributed by atoms with Crippen LogP contribution in [0.2, 0.25) is 5.02 Å². The van der Waals surface area contributed by atoms with E-state index in [1.54, 1.807) is 18.2 Å². The van der Waals surface area contributed by atoms with Gasteiger partial charge in [0.1, 0.15) is 11.1 Å². The largest absolute Gasteiger partial charge is 0.422 e. The third-order valence-corrected chi connectivity index (χ3v) is 4.09. The van der Waals surface area contributed by atoms with Crippen molar-refractivity contribution in [2.75, 3.05) is 0 Å². The van der Waals surface area contributed by atoms with Gasteiger partial charge in [0.05, 0.1) is 6.04 Å². The van der Waals surface area contributed by atoms with Gasteiger partial charge in [0.2, 0.25) is 0 Å². The smallest absolute Gasteiger partial charge is 0.349 e. The molecule has 3 rings (SSSR count). The van der Waals surface area contributed by atoms with E-state index in [9.17, 15) is 9.59 Å². The number of benzene rings is 2. The van der Waals surface area contributed by atoms with E-state index in [0.29, 0.717) is 22.4 Å². The summed E-state index contributed by atoms with van der Waals surface area (Å²) < 4.78 is 5.21. The van der Waals surface area contributed by atoms with E-state index in [0.717, 1.165) is 5.56 Å². The standard InChI is InChI=1S/C19H16ClNO3/c1-2-16(12-6-4-3-5-7-12)21-18(22)15-11-13-10-14(20)8-9-17(13)24-19(15)23/h3-11,16H,2H2,1H3,(H,21,22). The van der Waals surface area contributed by atoms with Gasteiger partial charge in [-0.05, 0) is 36.2 Å². The van der Waals surface area contributed by atoms with Gasteiger partial charge in [-0.2, -0.15) is 0 Å². The zero-order valence-corrected chi connectivity index (χ0v) is 13.8. The van der Waals surface area contributed by atoms with Crippen molar-refractivity contribution in [3.05, 3.63) is 81.2 Å². The van der Waals surface area contributed by atoms with Gasteiger partial charge in [-0.1, -0.05) is 48.9 Å². The molecule has 24 heavy (non-hydrogen) atoms. The van der Waals surface area contributed by atoms with Crippen molar-refractivity contribution in [1.29, 1.82) is 0 Å². The van der Waals surface area contributed by atoms with Crippen LogP contribution in [0.15, 0.2) is 63.8 Å². The fourth-order valence-corrected chi connectivity index (χ4v) is 2.78. The molecule has 0 fully saturated rings. The summed E-state index contributed by atoms with van der Waals surface area (Å²) in [6.45, 7) is 1.97. The Morgan fingerprint density at radius 1 is 1.17 bits per heavy atom. The molecule has 1 amide bonds. The number of nitrogens with one attached hydrogen (secondary N) is 1. The van der Waals surface area contributed by atoms with Crippen LogP contribution in [0.3, 0.4) is 0 Å². The summed E-state index contributed by atoms with van der Waals surface area (Å²) >= 11 is 5.96. The molecule has 3 aromatic rings. The van der Waals surface area contributed by atoms with Crippen molar-refractivity contribution in [3.63, 3.8) is 0 Å². The molecule has 0 bridgehead atoms. The first kappa shape index (κ1) is 16.3. The second-order valence-corrected chi connectivity index (χ2v) is 5.91. The molecule has 0 aliphatic heterocycles. The zero-order valence-electron chi connectivity index (χ0n) is 13.1. The van der Waals surface area contributed by atoms with Crippen LogP contribution < -0.4 is 10.9 Å². The predicted molar refractivity (Wildman–Crippen MR) is 94.4 cm³/mol. The van der Waals surface area contributed by atoms with Gasteiger partial charge in [-0.3, -0.25) is 4.79 Å². The maximum absolute atomic E-state index is 12.5. The molecule has 0 radical (unpaired) electrons. The van der Waals surface area contributed by atoms with Crippen LogP contribution in [-0.4, -0.2) is 5.91 Å². The quantitative estimate of drug-likeness (QED) is 0.718. The normalized spacial score (nSPS) is 12.1. The molecule has 1 heterocycles. The van der Waals surface area contributed by atoms with Gasteiger partial charge in [0, 0.05) is 10.4 Å². The molecule has 0 saturated heterocycles. The lowest BCUT2D eigenvalue weighted by Gasteiger charge is -2.17. The van der Waals surface area contributed by atoms with E-state index in [1.165, 1.54) is 6.07 Å². The third kappa shape index (κ3) is 3.34. The lowest BCUT2D eigenvalue weighted by Crippen LogP contribution is -2.31. The van der Waals surface area contributed by atoms with Crippen LogP contribution >= 0.6 is 11.6 Å². The van der Waals surface area contributed by atoms with Crippen molar-refractivity contribution in [3.8, 4) is 0 Å². The molecule has 5 heteroatoms. The number of fused-ring (bicyclic) bond motifs is 1. The first-order valence-corrected chi connectivity index (χ1v) is 8.05. The maximum Gasteiger partial charge on any atom is 0.349 e. The fraction of sp³-hybridized carbons (Fsp3) is 0.158. The van der Waals surface area contributed by atoms with Gasteiger partial charge in [0.15, 0.2) is 0 Å². The van der Waals surface area contributed by atoms with E-state index in [1.807, 2.05) is 37.3 Å². The summed E-state index contributed by atoms with van der Waals surface area (Å²) in [6.07, 6.45) is 0.709. The second-order valence-electron chi connectivity index (χ2n) is 5.47. The molecule has 1 atom stereocenters. The van der Waals surface area contributed by atoms with Gasteiger partial charge in [-0.25, -0.2) is 4.79 Å². The summed E-state index contributed by atoms with van der Waals surface area (Å²) in [5, 5.41) is 4.01. The molecular formula is C19H16ClNO3. The van der Waals surface area contributed by atoms with Gasteiger partial charge in [-0.15, -0.1) is 0 Å². The molecule has 122 valence electrons. The molecule has 0 saturated carbocycles. The average molecular weight is 342 g/mol. The lowest BCUT2D eigenvalue weighted by molar-refractivity contribution is 0.0932. The number of rotatable bonds is 4. The van der Waals surface area contributed by atoms with Gasteiger partial charge >= 0.3 is 5.63 Å². The molecule has 1 aromatic heterocycles. The van der Waals surface area contributed by atoms with Crippen LogP contribution in [0.25, 0.3) is 11.0 Å². The molecule has 1 N–H and O–H groups in total. The van der Waals surface area contributed by atoms with Gasteiger partial charge < -0.3 is 9.73 Å². The fourth-order valence-electron chi connectivity index (χ4n) is 2.60. The number of amides is 1. The topological polar surface area (TPSA) is 59.3 Å². The van der Waals surface area contributed by atoms with Gasteiger partial charge in [0.25, 0.3) is 5.91 Å². The molecule has 0 spiro atoms. The van der Waals surface area contributed by atoms with Crippen LogP contribution in [0.5, 0.6) is 0 Å². The van der Waals surface area contributed by atoms with E-state index >= 15 is 0 Å². The predicted octanol–water partition coefficient (Wildman–Crippen LogP) is 4.33. The monoisotopic (exact) mass is 341 g/mol. The second kappa shape index (κ2) is 6.89. The highest BCUT2D eigenvalue weighted by molar-refractivity contribution is 6.31. The van der Waals surface area contributed by atoms with Crippen molar-refractivity contribution < 1.29 is 9.21 Å². The first-order chi connectivity index (χ1) is 11.6. The molecule has 0 aliphatic rings. The summed E-state index contributed by atoms with van der Waals surface area (Å²) in [6, 6.07) is 15.9. The summed E-state index contributed by atoms with van der Waals surface area (Å²) in [4.78, 5) is 24.6. The Hall–Kier alpha value is -2.59. The minimum atomic E-state index is -0.662. The molecule has 4 nitrogen and oxygen atoms in total. The Balaban J connectivity index is 1.93. The summed E-state index contributed by atoms with van der Waals surface area (Å²) in [5.41, 5.74) is 0.696. The highest BCUT2D eigenvalue weighted by Crippen LogP contribution is 2.20. The van der Waals surface area contributed by atoms with Crippen molar-refractivity contribution in [1.82, 2.24) is 5.32 Å². The van der Waals surface area contributed by atoms with Crippen LogP contribution in [0.4, 0.5) is 0 Å². The lowest BCUT2D eigenvalue weighted by atomic mass is 10.0. The number of carbonyl (C=O) groups is 1. The summed E-state index contributed by atoms with van der Waals surface area (Å²) in [5.74, 6) is -0.457. The van der Waals surface area contributed by atoms with Crippen LogP contribution in [-0.2, 0) is 0 Å². The molecular weight excluding hydrogens is 326 g/mol. The Kier molecular flexibility index (Phi) is 4.67. The minimum absolute atomic E-state index is 0.0286. The van der Waals surface area contributed by atoms with Crippen LogP contribution in [0.1, 0.15) is 35.3 Å². The Morgan fingerprint density at radius 2 is 1.92 bits per heavy atom. The minimum Gasteiger partial charge on any atom is -0.422 e. The highest BCUT2D eigenvalue weighted by Gasteiger charge is 2.18. The van der Waals surface area contributed by atoms with Crippen molar-refractivity contribution >= 4 is 28.5 Å². The SMILES string of the molecule is CCC(NC(=O)c1cc2cc(Cl)ccc2oc1=O)c1ccccc1. The Bertz CT molecular complexity index is 934. The summed E-state index contributed by atoms with van der Waals surface area (Å²) in [7, 11) is 0. The maximum atomic E-state index is 12.5. The zero-order chi connectivity index (χ0) is 17.1. The van der Waals surface area contributed by atoms with Crippen LogP contribution in [0, 0.1) is 0 Å². The number of halogens is 1. The molecule has 2 aromatic carbocycles. The third-order valence-electron chi connectivity index (χ3n) is 3.85. The highest BCUT2D eigenvalue weighted by atomic mass is 35.5. The average Bonchev–Trinajstić information content (AvgIpc) is 2.60. The Morgan fingerprint density at radius 3 is 2.62 bits per heavy atom.